The lowest BCUT2D eigenvalue weighted by Gasteiger charge is -2.04. The number of nitrogens with zero attached hydrogens (tertiary/aromatic N) is 2. The molecule has 4 heteroatoms. The minimum atomic E-state index is -0.0445. The van der Waals surface area contributed by atoms with Crippen molar-refractivity contribution < 1.29 is 0 Å². The average Bonchev–Trinajstić information content (AvgIpc) is 2.07. The number of hydrogen-bond acceptors (Lipinski definition) is 2. The number of hydrogen-bond donors (Lipinski definition) is 0. The normalized spacial score (nSPS) is 10.8. The molecule has 14 heavy (non-hydrogen) atoms. The van der Waals surface area contributed by atoms with Crippen LogP contribution in [0.25, 0.3) is 5.65 Å². The molecule has 0 saturated carbocycles. The molecule has 0 atom stereocenters. The Bertz CT molecular complexity index is 560. The van der Waals surface area contributed by atoms with E-state index >= 15 is 0 Å². The molecule has 2 heterocycles. The summed E-state index contributed by atoms with van der Waals surface area (Å²) in [6, 6.07) is 3.47. The zero-order valence-electron chi connectivity index (χ0n) is 7.91. The quantitative estimate of drug-likeness (QED) is 0.720. The van der Waals surface area contributed by atoms with Crippen molar-refractivity contribution in [1.82, 2.24) is 9.38 Å². The lowest BCUT2D eigenvalue weighted by molar-refractivity contribution is 1.00. The van der Waals surface area contributed by atoms with Gasteiger partial charge in [-0.2, -0.15) is 0 Å². The monoisotopic (exact) mass is 252 g/mol. The molecule has 2 aromatic rings. The van der Waals surface area contributed by atoms with Crippen LogP contribution in [0.3, 0.4) is 0 Å². The van der Waals surface area contributed by atoms with Gasteiger partial charge in [0, 0.05) is 18.0 Å². The van der Waals surface area contributed by atoms with E-state index < -0.39 is 0 Å². The van der Waals surface area contributed by atoms with Crippen LogP contribution in [-0.2, 0) is 0 Å². The summed E-state index contributed by atoms with van der Waals surface area (Å²) in [5.74, 6) is 0. The molecule has 3 nitrogen and oxygen atoms in total. The van der Waals surface area contributed by atoms with Crippen LogP contribution in [0, 0.1) is 13.8 Å². The van der Waals surface area contributed by atoms with Crippen molar-refractivity contribution in [3.8, 4) is 0 Å². The van der Waals surface area contributed by atoms with Gasteiger partial charge in [0.05, 0.1) is 4.47 Å². The fourth-order valence-corrected chi connectivity index (χ4v) is 2.05. The highest BCUT2D eigenvalue weighted by Crippen LogP contribution is 2.16. The van der Waals surface area contributed by atoms with Gasteiger partial charge in [0.2, 0.25) is 0 Å². The zero-order chi connectivity index (χ0) is 10.3. The van der Waals surface area contributed by atoms with Crippen LogP contribution in [0.5, 0.6) is 0 Å². The number of rotatable bonds is 0. The minimum absolute atomic E-state index is 0.0445. The number of halogens is 1. The maximum absolute atomic E-state index is 11.6. The molecule has 72 valence electrons. The van der Waals surface area contributed by atoms with Crippen LogP contribution < -0.4 is 5.56 Å². The summed E-state index contributed by atoms with van der Waals surface area (Å²) in [5, 5.41) is 0. The number of fused-ring (bicyclic) bond motifs is 1. The average molecular weight is 253 g/mol. The largest absolute Gasteiger partial charge is 0.269 e. The van der Waals surface area contributed by atoms with Crippen molar-refractivity contribution in [1.29, 1.82) is 0 Å². The predicted octanol–water partition coefficient (Wildman–Crippen LogP) is 2.07. The highest BCUT2D eigenvalue weighted by Gasteiger charge is 2.03. The molecule has 0 bridgehead atoms. The van der Waals surface area contributed by atoms with Crippen molar-refractivity contribution in [2.24, 2.45) is 0 Å². The lowest BCUT2D eigenvalue weighted by Crippen LogP contribution is -2.15. The van der Waals surface area contributed by atoms with Gasteiger partial charge in [0.15, 0.2) is 5.65 Å². The van der Waals surface area contributed by atoms with Crippen molar-refractivity contribution in [3.05, 3.63) is 44.4 Å². The van der Waals surface area contributed by atoms with Gasteiger partial charge in [-0.15, -0.1) is 0 Å². The fraction of sp³-hybridized carbons (Fsp3) is 0.200. The predicted molar refractivity (Wildman–Crippen MR) is 58.6 cm³/mol. The smallest absolute Gasteiger partial charge is 0.258 e. The molecule has 0 fully saturated rings. The molecule has 0 radical (unpaired) electrons. The van der Waals surface area contributed by atoms with Crippen molar-refractivity contribution in [2.45, 2.75) is 13.8 Å². The second-order valence-electron chi connectivity index (χ2n) is 3.29. The first-order chi connectivity index (χ1) is 6.58. The van der Waals surface area contributed by atoms with Crippen LogP contribution in [0.15, 0.2) is 27.6 Å². The Morgan fingerprint density at radius 2 is 2.07 bits per heavy atom. The van der Waals surface area contributed by atoms with E-state index in [-0.39, 0.29) is 5.56 Å². The summed E-state index contributed by atoms with van der Waals surface area (Å²) in [5.41, 5.74) is 2.38. The van der Waals surface area contributed by atoms with Gasteiger partial charge in [0.25, 0.3) is 5.56 Å². The van der Waals surface area contributed by atoms with Crippen molar-refractivity contribution in [2.75, 3.05) is 0 Å². The summed E-state index contributed by atoms with van der Waals surface area (Å²) in [4.78, 5) is 15.9. The first kappa shape index (κ1) is 9.40. The van der Waals surface area contributed by atoms with Crippen LogP contribution in [0.1, 0.15) is 11.3 Å². The van der Waals surface area contributed by atoms with E-state index in [0.717, 1.165) is 15.7 Å². The molecular weight excluding hydrogens is 244 g/mol. The van der Waals surface area contributed by atoms with Gasteiger partial charge < -0.3 is 0 Å². The third-order valence-electron chi connectivity index (χ3n) is 1.98. The molecule has 0 amide bonds. The third-order valence-corrected chi connectivity index (χ3v) is 2.56. The Balaban J connectivity index is 3.02. The summed E-state index contributed by atoms with van der Waals surface area (Å²) in [6.45, 7) is 3.75. The Labute approximate surface area is 89.5 Å². The molecule has 0 aliphatic carbocycles. The lowest BCUT2D eigenvalue weighted by atomic mass is 10.3. The van der Waals surface area contributed by atoms with Crippen molar-refractivity contribution in [3.63, 3.8) is 0 Å². The Morgan fingerprint density at radius 1 is 1.36 bits per heavy atom. The molecule has 0 aliphatic rings. The van der Waals surface area contributed by atoms with Gasteiger partial charge in [-0.3, -0.25) is 9.20 Å². The van der Waals surface area contributed by atoms with E-state index in [1.165, 1.54) is 6.07 Å². The highest BCUT2D eigenvalue weighted by atomic mass is 79.9. The van der Waals surface area contributed by atoms with Crippen LogP contribution >= 0.6 is 15.9 Å². The van der Waals surface area contributed by atoms with Gasteiger partial charge in [0.1, 0.15) is 0 Å². The fourth-order valence-electron chi connectivity index (χ4n) is 1.40. The Morgan fingerprint density at radius 3 is 2.79 bits per heavy atom. The second kappa shape index (κ2) is 3.20. The zero-order valence-corrected chi connectivity index (χ0v) is 9.50. The Kier molecular flexibility index (Phi) is 2.15. The summed E-state index contributed by atoms with van der Waals surface area (Å²) < 4.78 is 2.39. The van der Waals surface area contributed by atoms with E-state index in [1.54, 1.807) is 10.6 Å². The highest BCUT2D eigenvalue weighted by molar-refractivity contribution is 9.10. The number of aromatic nitrogens is 2. The van der Waals surface area contributed by atoms with E-state index in [1.807, 2.05) is 19.9 Å². The molecule has 2 aromatic heterocycles. The SMILES string of the molecule is Cc1cc(Br)c2nc(C)cc(=O)n2c1. The van der Waals surface area contributed by atoms with Crippen molar-refractivity contribution >= 4 is 21.6 Å². The molecule has 0 spiro atoms. The third kappa shape index (κ3) is 1.46. The first-order valence-corrected chi connectivity index (χ1v) is 5.03. The maximum Gasteiger partial charge on any atom is 0.258 e. The van der Waals surface area contributed by atoms with Gasteiger partial charge in [-0.05, 0) is 41.4 Å². The molecule has 0 unspecified atom stereocenters. The Hall–Kier alpha value is -1.16. The topological polar surface area (TPSA) is 34.4 Å². The maximum atomic E-state index is 11.6. The van der Waals surface area contributed by atoms with Crippen LogP contribution in [0.2, 0.25) is 0 Å². The standard InChI is InChI=1S/C10H9BrN2O/c1-6-3-8(11)10-12-7(2)4-9(14)13(10)5-6/h3-5H,1-2H3. The minimum Gasteiger partial charge on any atom is -0.269 e. The van der Waals surface area contributed by atoms with Crippen LogP contribution in [0.4, 0.5) is 0 Å². The number of aryl methyl sites for hydroxylation is 2. The van der Waals surface area contributed by atoms with Gasteiger partial charge >= 0.3 is 0 Å². The van der Waals surface area contributed by atoms with E-state index in [2.05, 4.69) is 20.9 Å². The summed E-state index contributed by atoms with van der Waals surface area (Å²) in [6.07, 6.45) is 1.79. The second-order valence-corrected chi connectivity index (χ2v) is 4.15. The molecule has 0 N–H and O–H groups in total. The van der Waals surface area contributed by atoms with Crippen LogP contribution in [-0.4, -0.2) is 9.38 Å². The summed E-state index contributed by atoms with van der Waals surface area (Å²) in [7, 11) is 0. The van der Waals surface area contributed by atoms with Gasteiger partial charge in [-0.1, -0.05) is 0 Å². The first-order valence-electron chi connectivity index (χ1n) is 4.24. The molecule has 0 saturated heterocycles. The molecule has 0 aliphatic heterocycles. The summed E-state index contributed by atoms with van der Waals surface area (Å²) >= 11 is 3.39. The van der Waals surface area contributed by atoms with Gasteiger partial charge in [-0.25, -0.2) is 4.98 Å². The van der Waals surface area contributed by atoms with E-state index in [9.17, 15) is 4.79 Å². The molecule has 0 aromatic carbocycles. The van der Waals surface area contributed by atoms with E-state index in [0.29, 0.717) is 5.65 Å². The molecule has 2 rings (SSSR count). The van der Waals surface area contributed by atoms with E-state index in [4.69, 9.17) is 0 Å². The molecular formula is C10H9BrN2O. The number of pyridine rings is 1.